The Labute approximate surface area is 138 Å². The Morgan fingerprint density at radius 2 is 2.05 bits per heavy atom. The summed E-state index contributed by atoms with van der Waals surface area (Å²) in [5, 5.41) is 3.54. The highest BCUT2D eigenvalue weighted by Crippen LogP contribution is 2.26. The third-order valence-electron chi connectivity index (χ3n) is 2.76. The lowest BCUT2D eigenvalue weighted by Gasteiger charge is -2.08. The van der Waals surface area contributed by atoms with Gasteiger partial charge in [-0.1, -0.05) is 29.3 Å². The lowest BCUT2D eigenvalue weighted by atomic mass is 10.3. The molecule has 7 heteroatoms. The van der Waals surface area contributed by atoms with Crippen molar-refractivity contribution in [1.29, 1.82) is 0 Å². The zero-order valence-electron chi connectivity index (χ0n) is 11.8. The van der Waals surface area contributed by atoms with Gasteiger partial charge in [-0.25, -0.2) is 4.98 Å². The fourth-order valence-corrected chi connectivity index (χ4v) is 1.89. The number of amides is 1. The van der Waals surface area contributed by atoms with Crippen LogP contribution in [0.1, 0.15) is 5.56 Å². The number of nitrogens with one attached hydrogen (secondary N) is 1. The second kappa shape index (κ2) is 7.87. The largest absolute Gasteiger partial charge is 0.484 e. The second-order valence-corrected chi connectivity index (χ2v) is 5.16. The number of ether oxygens (including phenoxy) is 2. The number of carbonyl (C=O) groups is 1. The maximum absolute atomic E-state index is 11.7. The standard InChI is InChI=1S/C15H14Cl2N2O3/c1-21-15-5-2-10(8-19-15)7-18-14(20)9-22-11-3-4-12(16)13(17)6-11/h2-6,8H,7,9H2,1H3,(H,18,20). The Kier molecular flexibility index (Phi) is 5.86. The van der Waals surface area contributed by atoms with E-state index in [-0.39, 0.29) is 12.5 Å². The smallest absolute Gasteiger partial charge is 0.258 e. The number of halogens is 2. The van der Waals surface area contributed by atoms with E-state index in [1.165, 1.54) is 0 Å². The first-order chi connectivity index (χ1) is 10.6. The van der Waals surface area contributed by atoms with Crippen LogP contribution in [-0.2, 0) is 11.3 Å². The fourth-order valence-electron chi connectivity index (χ4n) is 1.60. The summed E-state index contributed by atoms with van der Waals surface area (Å²) >= 11 is 11.7. The van der Waals surface area contributed by atoms with Gasteiger partial charge in [-0.15, -0.1) is 0 Å². The van der Waals surface area contributed by atoms with E-state index < -0.39 is 0 Å². The lowest BCUT2D eigenvalue weighted by Crippen LogP contribution is -2.28. The molecule has 2 rings (SSSR count). The summed E-state index contributed by atoms with van der Waals surface area (Å²) in [7, 11) is 1.55. The maximum Gasteiger partial charge on any atom is 0.258 e. The van der Waals surface area contributed by atoms with Gasteiger partial charge in [-0.05, 0) is 17.7 Å². The van der Waals surface area contributed by atoms with Gasteiger partial charge >= 0.3 is 0 Å². The van der Waals surface area contributed by atoms with Crippen molar-refractivity contribution in [1.82, 2.24) is 10.3 Å². The van der Waals surface area contributed by atoms with Crippen LogP contribution in [-0.4, -0.2) is 24.6 Å². The molecule has 1 amide bonds. The molecule has 116 valence electrons. The second-order valence-electron chi connectivity index (χ2n) is 4.35. The van der Waals surface area contributed by atoms with Crippen molar-refractivity contribution in [2.24, 2.45) is 0 Å². The predicted molar refractivity (Wildman–Crippen MR) is 84.6 cm³/mol. The van der Waals surface area contributed by atoms with E-state index >= 15 is 0 Å². The molecule has 0 saturated heterocycles. The van der Waals surface area contributed by atoms with E-state index in [0.717, 1.165) is 5.56 Å². The lowest BCUT2D eigenvalue weighted by molar-refractivity contribution is -0.123. The van der Waals surface area contributed by atoms with Crippen LogP contribution < -0.4 is 14.8 Å². The maximum atomic E-state index is 11.7. The molecule has 0 bridgehead atoms. The molecule has 5 nitrogen and oxygen atoms in total. The summed E-state index contributed by atoms with van der Waals surface area (Å²) in [6.07, 6.45) is 1.64. The first-order valence-corrected chi connectivity index (χ1v) is 7.17. The van der Waals surface area contributed by atoms with Crippen molar-refractivity contribution < 1.29 is 14.3 Å². The number of pyridine rings is 1. The summed E-state index contributed by atoms with van der Waals surface area (Å²) in [6.45, 7) is 0.252. The molecular weight excluding hydrogens is 327 g/mol. The molecule has 0 saturated carbocycles. The van der Waals surface area contributed by atoms with Crippen LogP contribution in [0.25, 0.3) is 0 Å². The van der Waals surface area contributed by atoms with E-state index in [2.05, 4.69) is 10.3 Å². The van der Waals surface area contributed by atoms with Crippen LogP contribution in [0.15, 0.2) is 36.5 Å². The Morgan fingerprint density at radius 3 is 2.68 bits per heavy atom. The minimum atomic E-state index is -0.248. The number of carbonyl (C=O) groups excluding carboxylic acids is 1. The highest BCUT2D eigenvalue weighted by Gasteiger charge is 2.05. The summed E-state index contributed by atoms with van der Waals surface area (Å²) in [5.74, 6) is 0.760. The van der Waals surface area contributed by atoms with Crippen molar-refractivity contribution in [3.05, 3.63) is 52.1 Å². The van der Waals surface area contributed by atoms with Crippen LogP contribution >= 0.6 is 23.2 Å². The van der Waals surface area contributed by atoms with Crippen molar-refractivity contribution in [3.63, 3.8) is 0 Å². The number of nitrogens with zero attached hydrogens (tertiary/aromatic N) is 1. The van der Waals surface area contributed by atoms with Crippen molar-refractivity contribution in [2.45, 2.75) is 6.54 Å². The number of hydrogen-bond acceptors (Lipinski definition) is 4. The Morgan fingerprint density at radius 1 is 1.23 bits per heavy atom. The zero-order chi connectivity index (χ0) is 15.9. The number of methoxy groups -OCH3 is 1. The number of benzene rings is 1. The van der Waals surface area contributed by atoms with Crippen LogP contribution in [0.4, 0.5) is 0 Å². The molecule has 22 heavy (non-hydrogen) atoms. The first-order valence-electron chi connectivity index (χ1n) is 6.42. The Hall–Kier alpha value is -1.98. The minimum Gasteiger partial charge on any atom is -0.484 e. The molecule has 0 unspecified atom stereocenters. The van der Waals surface area contributed by atoms with Gasteiger partial charge < -0.3 is 14.8 Å². The predicted octanol–water partition coefficient (Wildman–Crippen LogP) is 3.09. The molecule has 1 heterocycles. The summed E-state index contributed by atoms with van der Waals surface area (Å²) < 4.78 is 10.3. The van der Waals surface area contributed by atoms with Crippen molar-refractivity contribution in [2.75, 3.05) is 13.7 Å². The van der Waals surface area contributed by atoms with E-state index in [9.17, 15) is 4.79 Å². The van der Waals surface area contributed by atoms with Gasteiger partial charge in [0, 0.05) is 24.9 Å². The number of aromatic nitrogens is 1. The van der Waals surface area contributed by atoms with Gasteiger partial charge in [-0.2, -0.15) is 0 Å². The molecule has 0 spiro atoms. The normalized spacial score (nSPS) is 10.1. The molecule has 0 fully saturated rings. The summed E-state index contributed by atoms with van der Waals surface area (Å²) in [5.41, 5.74) is 0.865. The highest BCUT2D eigenvalue weighted by molar-refractivity contribution is 6.42. The summed E-state index contributed by atoms with van der Waals surface area (Å²) in [6, 6.07) is 8.37. The van der Waals surface area contributed by atoms with E-state index in [1.54, 1.807) is 37.6 Å². The van der Waals surface area contributed by atoms with Crippen molar-refractivity contribution >= 4 is 29.1 Å². The SMILES string of the molecule is COc1ccc(CNC(=O)COc2ccc(Cl)c(Cl)c2)cn1. The van der Waals surface area contributed by atoms with Gasteiger partial charge in [0.15, 0.2) is 6.61 Å². The minimum absolute atomic E-state index is 0.110. The molecule has 2 aromatic rings. The average Bonchev–Trinajstić information content (AvgIpc) is 2.54. The number of rotatable bonds is 6. The van der Waals surface area contributed by atoms with E-state index in [1.807, 2.05) is 6.07 Å². The van der Waals surface area contributed by atoms with E-state index in [0.29, 0.717) is 28.2 Å². The zero-order valence-corrected chi connectivity index (χ0v) is 13.3. The third kappa shape index (κ3) is 4.79. The molecular formula is C15H14Cl2N2O3. The fraction of sp³-hybridized carbons (Fsp3) is 0.200. The number of hydrogen-bond donors (Lipinski definition) is 1. The monoisotopic (exact) mass is 340 g/mol. The first kappa shape index (κ1) is 16.4. The summed E-state index contributed by atoms with van der Waals surface area (Å²) in [4.78, 5) is 15.8. The van der Waals surface area contributed by atoms with Crippen LogP contribution in [0.3, 0.4) is 0 Å². The molecule has 0 radical (unpaired) electrons. The van der Waals surface area contributed by atoms with Crippen LogP contribution in [0, 0.1) is 0 Å². The van der Waals surface area contributed by atoms with Gasteiger partial charge in [0.25, 0.3) is 5.91 Å². The van der Waals surface area contributed by atoms with Crippen LogP contribution in [0.2, 0.25) is 10.0 Å². The molecule has 0 atom stereocenters. The van der Waals surface area contributed by atoms with Gasteiger partial charge in [0.2, 0.25) is 5.88 Å². The quantitative estimate of drug-likeness (QED) is 0.877. The van der Waals surface area contributed by atoms with Gasteiger partial charge in [0.05, 0.1) is 17.2 Å². The molecule has 1 N–H and O–H groups in total. The van der Waals surface area contributed by atoms with Gasteiger partial charge in [-0.3, -0.25) is 4.79 Å². The molecule has 0 aliphatic rings. The molecule has 1 aromatic carbocycles. The topological polar surface area (TPSA) is 60.5 Å². The molecule has 0 aliphatic heterocycles. The van der Waals surface area contributed by atoms with Crippen LogP contribution in [0.5, 0.6) is 11.6 Å². The Balaban J connectivity index is 1.78. The average molecular weight is 341 g/mol. The Bertz CT molecular complexity index is 648. The van der Waals surface area contributed by atoms with Crippen molar-refractivity contribution in [3.8, 4) is 11.6 Å². The molecule has 0 aliphatic carbocycles. The molecule has 1 aromatic heterocycles. The highest BCUT2D eigenvalue weighted by atomic mass is 35.5. The van der Waals surface area contributed by atoms with Gasteiger partial charge in [0.1, 0.15) is 5.75 Å². The van der Waals surface area contributed by atoms with E-state index in [4.69, 9.17) is 32.7 Å². The third-order valence-corrected chi connectivity index (χ3v) is 3.50.